The number of thiazole rings is 1. The highest BCUT2D eigenvalue weighted by molar-refractivity contribution is 14.0. The number of anilines is 1. The predicted molar refractivity (Wildman–Crippen MR) is 135 cm³/mol. The average Bonchev–Trinajstić information content (AvgIpc) is 3.12. The van der Waals surface area contributed by atoms with Crippen molar-refractivity contribution in [2.24, 2.45) is 4.99 Å². The molecule has 1 unspecified atom stereocenters. The van der Waals surface area contributed by atoms with E-state index in [1.807, 2.05) is 32.0 Å². The van der Waals surface area contributed by atoms with Crippen LogP contribution in [0, 0.1) is 0 Å². The first-order valence-corrected chi connectivity index (χ1v) is 11.0. The van der Waals surface area contributed by atoms with Gasteiger partial charge in [-0.3, -0.25) is 9.89 Å². The minimum absolute atomic E-state index is 0. The molecule has 0 spiro atoms. The molecule has 10 heteroatoms. The van der Waals surface area contributed by atoms with Crippen molar-refractivity contribution in [1.29, 1.82) is 0 Å². The van der Waals surface area contributed by atoms with Crippen LogP contribution in [0.15, 0.2) is 29.3 Å². The molecule has 0 radical (unpaired) electrons. The van der Waals surface area contributed by atoms with Crippen molar-refractivity contribution in [2.45, 2.75) is 19.4 Å². The Bertz CT molecular complexity index is 761. The molecule has 1 aliphatic rings. The van der Waals surface area contributed by atoms with Crippen LogP contribution in [0.3, 0.4) is 0 Å². The highest BCUT2D eigenvalue weighted by Gasteiger charge is 2.25. The SMILES string of the molecule is CCNC(=NCC(C)(O)CN1CCOCC1)NCCNc1nc2ccccc2s1.I. The van der Waals surface area contributed by atoms with Gasteiger partial charge in [-0.1, -0.05) is 23.5 Å². The van der Waals surface area contributed by atoms with Crippen LogP contribution in [-0.4, -0.2) is 85.6 Å². The van der Waals surface area contributed by atoms with Crippen molar-refractivity contribution in [2.75, 3.05) is 64.3 Å². The zero-order valence-corrected chi connectivity index (χ0v) is 20.8. The van der Waals surface area contributed by atoms with Gasteiger partial charge in [0.1, 0.15) is 0 Å². The summed E-state index contributed by atoms with van der Waals surface area (Å²) in [5.74, 6) is 0.709. The number of fused-ring (bicyclic) bond motifs is 1. The molecule has 30 heavy (non-hydrogen) atoms. The Morgan fingerprint density at radius 1 is 1.27 bits per heavy atom. The van der Waals surface area contributed by atoms with Gasteiger partial charge in [-0.25, -0.2) is 4.98 Å². The molecule has 0 bridgehead atoms. The molecule has 0 amide bonds. The maximum absolute atomic E-state index is 10.7. The number of morpholine rings is 1. The van der Waals surface area contributed by atoms with Gasteiger partial charge < -0.3 is 25.8 Å². The largest absolute Gasteiger partial charge is 0.387 e. The smallest absolute Gasteiger partial charge is 0.191 e. The molecular weight excluding hydrogens is 515 g/mol. The van der Waals surface area contributed by atoms with Gasteiger partial charge >= 0.3 is 0 Å². The van der Waals surface area contributed by atoms with Crippen LogP contribution in [0.1, 0.15) is 13.8 Å². The third-order valence-electron chi connectivity index (χ3n) is 4.58. The summed E-state index contributed by atoms with van der Waals surface area (Å²) in [6.45, 7) is 10.2. The van der Waals surface area contributed by atoms with E-state index in [4.69, 9.17) is 4.74 Å². The van der Waals surface area contributed by atoms with Crippen LogP contribution in [0.2, 0.25) is 0 Å². The number of nitrogens with zero attached hydrogens (tertiary/aromatic N) is 3. The van der Waals surface area contributed by atoms with Crippen LogP contribution in [0.4, 0.5) is 5.13 Å². The molecule has 0 aliphatic carbocycles. The first-order valence-electron chi connectivity index (χ1n) is 10.2. The topological polar surface area (TPSA) is 94.0 Å². The number of guanidine groups is 1. The van der Waals surface area contributed by atoms with E-state index in [1.165, 1.54) is 4.70 Å². The number of aliphatic hydroxyl groups is 1. The fourth-order valence-corrected chi connectivity index (χ4v) is 4.07. The van der Waals surface area contributed by atoms with Crippen molar-refractivity contribution in [3.05, 3.63) is 24.3 Å². The van der Waals surface area contributed by atoms with E-state index in [9.17, 15) is 5.11 Å². The molecule has 1 aromatic carbocycles. The van der Waals surface area contributed by atoms with Gasteiger partial charge in [0.15, 0.2) is 11.1 Å². The third-order valence-corrected chi connectivity index (χ3v) is 5.57. The monoisotopic (exact) mass is 548 g/mol. The number of aromatic nitrogens is 1. The maximum atomic E-state index is 10.7. The summed E-state index contributed by atoms with van der Waals surface area (Å²) in [6.07, 6.45) is 0. The van der Waals surface area contributed by atoms with E-state index < -0.39 is 5.60 Å². The Kier molecular flexibility index (Phi) is 10.5. The average molecular weight is 548 g/mol. The van der Waals surface area contributed by atoms with E-state index >= 15 is 0 Å². The van der Waals surface area contributed by atoms with Gasteiger partial charge in [-0.2, -0.15) is 0 Å². The zero-order valence-electron chi connectivity index (χ0n) is 17.7. The van der Waals surface area contributed by atoms with Crippen LogP contribution in [0.5, 0.6) is 0 Å². The maximum Gasteiger partial charge on any atom is 0.191 e. The summed E-state index contributed by atoms with van der Waals surface area (Å²) in [6, 6.07) is 8.13. The van der Waals surface area contributed by atoms with Crippen molar-refractivity contribution in [3.8, 4) is 0 Å². The lowest BCUT2D eigenvalue weighted by Crippen LogP contribution is -2.48. The van der Waals surface area contributed by atoms with E-state index in [-0.39, 0.29) is 24.0 Å². The van der Waals surface area contributed by atoms with Gasteiger partial charge in [-0.15, -0.1) is 24.0 Å². The minimum Gasteiger partial charge on any atom is -0.387 e. The number of halogens is 1. The number of rotatable bonds is 9. The molecule has 1 aromatic heterocycles. The number of hydrogen-bond donors (Lipinski definition) is 4. The Morgan fingerprint density at radius 2 is 2.03 bits per heavy atom. The second-order valence-corrected chi connectivity index (χ2v) is 8.45. The summed E-state index contributed by atoms with van der Waals surface area (Å²) in [4.78, 5) is 11.4. The van der Waals surface area contributed by atoms with Crippen molar-refractivity contribution < 1.29 is 9.84 Å². The number of hydrogen-bond acceptors (Lipinski definition) is 7. The Balaban J connectivity index is 0.00000320. The first kappa shape index (κ1) is 25.1. The molecular formula is C20H33IN6O2S. The van der Waals surface area contributed by atoms with E-state index in [0.29, 0.717) is 25.6 Å². The van der Waals surface area contributed by atoms with Crippen molar-refractivity contribution >= 4 is 56.6 Å². The number of β-amino-alcohol motifs (C(OH)–C–C–N with tert-alkyl or cyclic N) is 1. The fourth-order valence-electron chi connectivity index (χ4n) is 3.18. The minimum atomic E-state index is -0.876. The van der Waals surface area contributed by atoms with Gasteiger partial charge in [0, 0.05) is 39.3 Å². The Labute approximate surface area is 199 Å². The van der Waals surface area contributed by atoms with Gasteiger partial charge in [0.25, 0.3) is 0 Å². The summed E-state index contributed by atoms with van der Waals surface area (Å²) in [7, 11) is 0. The number of para-hydroxylation sites is 1. The Hall–Kier alpha value is -1.21. The van der Waals surface area contributed by atoms with Crippen molar-refractivity contribution in [3.63, 3.8) is 0 Å². The van der Waals surface area contributed by atoms with Crippen LogP contribution < -0.4 is 16.0 Å². The van der Waals surface area contributed by atoms with Crippen LogP contribution >= 0.6 is 35.3 Å². The second-order valence-electron chi connectivity index (χ2n) is 7.42. The molecule has 4 N–H and O–H groups in total. The first-order chi connectivity index (χ1) is 14.1. The molecule has 2 heterocycles. The molecule has 168 valence electrons. The summed E-state index contributed by atoms with van der Waals surface area (Å²) in [5.41, 5.74) is 0.143. The van der Waals surface area contributed by atoms with Crippen LogP contribution in [-0.2, 0) is 4.74 Å². The highest BCUT2D eigenvalue weighted by atomic mass is 127. The normalized spacial score (nSPS) is 17.2. The Morgan fingerprint density at radius 3 is 2.77 bits per heavy atom. The van der Waals surface area contributed by atoms with E-state index in [2.05, 4.69) is 36.9 Å². The number of ether oxygens (including phenoxy) is 1. The molecule has 1 aliphatic heterocycles. The summed E-state index contributed by atoms with van der Waals surface area (Å²) < 4.78 is 6.55. The van der Waals surface area contributed by atoms with Gasteiger partial charge in [0.05, 0.1) is 35.6 Å². The molecule has 1 saturated heterocycles. The molecule has 2 aromatic rings. The molecule has 1 fully saturated rings. The number of aliphatic imine (C=N–C) groups is 1. The second kappa shape index (κ2) is 12.6. The van der Waals surface area contributed by atoms with Gasteiger partial charge in [-0.05, 0) is 26.0 Å². The van der Waals surface area contributed by atoms with Crippen LogP contribution in [0.25, 0.3) is 10.2 Å². The van der Waals surface area contributed by atoms with Crippen molar-refractivity contribution in [1.82, 2.24) is 20.5 Å². The van der Waals surface area contributed by atoms with Gasteiger partial charge in [0.2, 0.25) is 0 Å². The van der Waals surface area contributed by atoms with E-state index in [1.54, 1.807) is 11.3 Å². The highest BCUT2D eigenvalue weighted by Crippen LogP contribution is 2.24. The third kappa shape index (κ3) is 8.14. The molecule has 1 atom stereocenters. The predicted octanol–water partition coefficient (Wildman–Crippen LogP) is 1.96. The fraction of sp³-hybridized carbons (Fsp3) is 0.600. The molecule has 8 nitrogen and oxygen atoms in total. The summed E-state index contributed by atoms with van der Waals surface area (Å²) >= 11 is 1.65. The molecule has 0 saturated carbocycles. The number of benzene rings is 1. The molecule has 3 rings (SSSR count). The number of nitrogens with one attached hydrogen (secondary N) is 3. The zero-order chi connectivity index (χ0) is 20.5. The lowest BCUT2D eigenvalue weighted by Gasteiger charge is -2.33. The lowest BCUT2D eigenvalue weighted by molar-refractivity contribution is -0.0179. The quantitative estimate of drug-likeness (QED) is 0.165. The summed E-state index contributed by atoms with van der Waals surface area (Å²) in [5, 5.41) is 21.5. The standard InChI is InChI=1S/C20H32N6O2S.HI/c1-3-21-18(24-14-20(2,27)15-26-10-12-28-13-11-26)22-8-9-23-19-25-16-6-4-5-7-17(16)29-19;/h4-7,27H,3,8-15H2,1-2H3,(H,23,25)(H2,21,22,24);1H. The van der Waals surface area contributed by atoms with E-state index in [0.717, 1.165) is 50.0 Å². The lowest BCUT2D eigenvalue weighted by atomic mass is 10.1.